The normalized spacial score (nSPS) is 11.8. The molecule has 0 bridgehead atoms. The number of nitrogens with one attached hydrogen (secondary N) is 1. The van der Waals surface area contributed by atoms with Crippen LogP contribution in [0.2, 0.25) is 0 Å². The van der Waals surface area contributed by atoms with E-state index in [1.54, 1.807) is 23.0 Å². The van der Waals surface area contributed by atoms with Crippen molar-refractivity contribution in [1.82, 2.24) is 19.6 Å². The molecule has 3 aromatic rings. The average molecular weight is 412 g/mol. The van der Waals surface area contributed by atoms with Crippen molar-refractivity contribution in [1.29, 1.82) is 0 Å². The number of rotatable bonds is 6. The topological polar surface area (TPSA) is 91.0 Å². The maximum absolute atomic E-state index is 13.2. The molecule has 1 N–H and O–H groups in total. The Kier molecular flexibility index (Phi) is 5.96. The molecule has 0 saturated heterocycles. The number of amides is 1. The summed E-state index contributed by atoms with van der Waals surface area (Å²) in [6.45, 7) is 12.1. The van der Waals surface area contributed by atoms with Crippen LogP contribution in [0.3, 0.4) is 0 Å². The number of ether oxygens (including phenoxy) is 1. The third-order valence-electron chi connectivity index (χ3n) is 4.65. The Balaban J connectivity index is 2.01. The van der Waals surface area contributed by atoms with Crippen LogP contribution in [0.4, 0.5) is 5.69 Å². The fourth-order valence-electron chi connectivity index (χ4n) is 3.31. The van der Waals surface area contributed by atoms with Crippen LogP contribution in [0.5, 0.6) is 5.75 Å². The summed E-state index contributed by atoms with van der Waals surface area (Å²) in [5.41, 5.74) is 1.04. The largest absolute Gasteiger partial charge is 0.492 e. The van der Waals surface area contributed by atoms with E-state index in [9.17, 15) is 9.59 Å². The predicted octanol–water partition coefficient (Wildman–Crippen LogP) is 3.51. The molecule has 3 rings (SSSR count). The van der Waals surface area contributed by atoms with Gasteiger partial charge in [-0.2, -0.15) is 10.2 Å². The van der Waals surface area contributed by atoms with E-state index in [0.717, 1.165) is 11.1 Å². The molecule has 2 heterocycles. The minimum absolute atomic E-state index is 0.0682. The smallest absolute Gasteiger partial charge is 0.293 e. The van der Waals surface area contributed by atoms with Gasteiger partial charge in [0.2, 0.25) is 5.91 Å². The maximum Gasteiger partial charge on any atom is 0.293 e. The van der Waals surface area contributed by atoms with Crippen molar-refractivity contribution in [2.45, 2.75) is 59.5 Å². The predicted molar refractivity (Wildman–Crippen MR) is 117 cm³/mol. The molecule has 0 spiro atoms. The van der Waals surface area contributed by atoms with Gasteiger partial charge >= 0.3 is 0 Å². The van der Waals surface area contributed by atoms with E-state index in [0.29, 0.717) is 23.6 Å². The van der Waals surface area contributed by atoms with Gasteiger partial charge < -0.3 is 10.1 Å². The number of benzene rings is 1. The molecule has 0 aliphatic rings. The third kappa shape index (κ3) is 4.22. The summed E-state index contributed by atoms with van der Waals surface area (Å²) < 4.78 is 8.48. The van der Waals surface area contributed by atoms with Gasteiger partial charge in [-0.3, -0.25) is 14.3 Å². The van der Waals surface area contributed by atoms with Crippen LogP contribution in [0.15, 0.2) is 35.3 Å². The second-order valence-corrected chi connectivity index (χ2v) is 8.47. The van der Waals surface area contributed by atoms with Crippen molar-refractivity contribution >= 4 is 22.5 Å². The molecule has 0 unspecified atom stereocenters. The number of carbonyl (C=O) groups excluding carboxylic acids is 1. The van der Waals surface area contributed by atoms with Crippen molar-refractivity contribution in [3.63, 3.8) is 0 Å². The monoisotopic (exact) mass is 411 g/mol. The van der Waals surface area contributed by atoms with Crippen molar-refractivity contribution in [3.05, 3.63) is 46.5 Å². The summed E-state index contributed by atoms with van der Waals surface area (Å²) in [5.74, 6) is 0.295. The lowest BCUT2D eigenvalue weighted by Crippen LogP contribution is -2.34. The molecule has 160 valence electrons. The Hall–Kier alpha value is -3.16. The highest BCUT2D eigenvalue weighted by molar-refractivity contribution is 5.92. The summed E-state index contributed by atoms with van der Waals surface area (Å²) in [7, 11) is 0. The van der Waals surface area contributed by atoms with Crippen LogP contribution in [-0.2, 0) is 16.9 Å². The SMILES string of the molecule is CCOc1ccccc1NC(=O)Cn1nc(C(C)C)c2cnn(C(C)(C)C)c2c1=O. The number of aromatic nitrogens is 4. The molecule has 0 saturated carbocycles. The second kappa shape index (κ2) is 8.30. The van der Waals surface area contributed by atoms with E-state index < -0.39 is 0 Å². The fourth-order valence-corrected chi connectivity index (χ4v) is 3.31. The quantitative estimate of drug-likeness (QED) is 0.670. The van der Waals surface area contributed by atoms with Gasteiger partial charge in [0, 0.05) is 5.39 Å². The molecule has 0 radical (unpaired) electrons. The number of anilines is 1. The van der Waals surface area contributed by atoms with Crippen LogP contribution in [0.25, 0.3) is 10.9 Å². The van der Waals surface area contributed by atoms with E-state index in [2.05, 4.69) is 15.5 Å². The first-order valence-corrected chi connectivity index (χ1v) is 10.1. The molecule has 0 aliphatic carbocycles. The van der Waals surface area contributed by atoms with Crippen LogP contribution >= 0.6 is 0 Å². The molecule has 1 amide bonds. The average Bonchev–Trinajstić information content (AvgIpc) is 3.11. The van der Waals surface area contributed by atoms with Gasteiger partial charge in [0.15, 0.2) is 0 Å². The first-order chi connectivity index (χ1) is 14.1. The zero-order valence-electron chi connectivity index (χ0n) is 18.4. The van der Waals surface area contributed by atoms with Crippen molar-refractivity contribution in [2.75, 3.05) is 11.9 Å². The Morgan fingerprint density at radius 1 is 1.23 bits per heavy atom. The Bertz CT molecular complexity index is 1120. The van der Waals surface area contributed by atoms with E-state index in [4.69, 9.17) is 4.74 Å². The third-order valence-corrected chi connectivity index (χ3v) is 4.65. The van der Waals surface area contributed by atoms with Gasteiger partial charge in [0.1, 0.15) is 17.8 Å². The van der Waals surface area contributed by atoms with Gasteiger partial charge in [0.05, 0.1) is 29.7 Å². The lowest BCUT2D eigenvalue weighted by Gasteiger charge is -2.21. The van der Waals surface area contributed by atoms with Crippen LogP contribution in [0, 0.1) is 0 Å². The number of nitrogens with zero attached hydrogens (tertiary/aromatic N) is 4. The first-order valence-electron chi connectivity index (χ1n) is 10.1. The molecule has 8 nitrogen and oxygen atoms in total. The lowest BCUT2D eigenvalue weighted by molar-refractivity contribution is -0.117. The second-order valence-electron chi connectivity index (χ2n) is 8.47. The number of hydrogen-bond acceptors (Lipinski definition) is 5. The number of para-hydroxylation sites is 2. The molecule has 0 fully saturated rings. The molecular formula is C22H29N5O3. The molecule has 1 aromatic carbocycles. The summed E-state index contributed by atoms with van der Waals surface area (Å²) >= 11 is 0. The fraction of sp³-hybridized carbons (Fsp3) is 0.455. The molecule has 0 aliphatic heterocycles. The molecule has 0 atom stereocenters. The zero-order chi connectivity index (χ0) is 22.1. The zero-order valence-corrected chi connectivity index (χ0v) is 18.4. The standard InChI is InChI=1S/C22H29N5O3/c1-7-30-17-11-9-8-10-16(17)24-18(28)13-26-21(29)20-15(19(25-26)14(2)3)12-23-27(20)22(4,5)6/h8-12,14H,7,13H2,1-6H3,(H,24,28). The van der Waals surface area contributed by atoms with Gasteiger partial charge in [-0.15, -0.1) is 0 Å². The molecule has 30 heavy (non-hydrogen) atoms. The number of hydrogen-bond donors (Lipinski definition) is 1. The van der Waals surface area contributed by atoms with Crippen molar-refractivity contribution < 1.29 is 9.53 Å². The molecule has 8 heteroatoms. The summed E-state index contributed by atoms with van der Waals surface area (Å²) in [6, 6.07) is 7.20. The highest BCUT2D eigenvalue weighted by Gasteiger charge is 2.24. The highest BCUT2D eigenvalue weighted by Crippen LogP contribution is 2.25. The van der Waals surface area contributed by atoms with Crippen molar-refractivity contribution in [2.24, 2.45) is 0 Å². The summed E-state index contributed by atoms with van der Waals surface area (Å²) in [5, 5.41) is 12.5. The molecule has 2 aromatic heterocycles. The van der Waals surface area contributed by atoms with E-state index >= 15 is 0 Å². The highest BCUT2D eigenvalue weighted by atomic mass is 16.5. The van der Waals surface area contributed by atoms with Crippen LogP contribution in [-0.4, -0.2) is 32.1 Å². The molecular weight excluding hydrogens is 382 g/mol. The minimum atomic E-state index is -0.382. The Morgan fingerprint density at radius 3 is 2.57 bits per heavy atom. The van der Waals surface area contributed by atoms with E-state index in [1.165, 1.54) is 4.68 Å². The summed E-state index contributed by atoms with van der Waals surface area (Å²) in [6.07, 6.45) is 1.69. The Morgan fingerprint density at radius 2 is 1.93 bits per heavy atom. The van der Waals surface area contributed by atoms with Crippen molar-refractivity contribution in [3.8, 4) is 5.75 Å². The van der Waals surface area contributed by atoms with Crippen LogP contribution in [0.1, 0.15) is 53.2 Å². The summed E-state index contributed by atoms with van der Waals surface area (Å²) in [4.78, 5) is 26.0. The lowest BCUT2D eigenvalue weighted by atomic mass is 10.1. The number of fused-ring (bicyclic) bond motifs is 1. The first kappa shape index (κ1) is 21.5. The minimum Gasteiger partial charge on any atom is -0.492 e. The van der Waals surface area contributed by atoms with Gasteiger partial charge in [0.25, 0.3) is 5.56 Å². The van der Waals surface area contributed by atoms with Gasteiger partial charge in [-0.1, -0.05) is 26.0 Å². The van der Waals surface area contributed by atoms with E-state index in [-0.39, 0.29) is 29.5 Å². The van der Waals surface area contributed by atoms with Crippen LogP contribution < -0.4 is 15.6 Å². The number of carbonyl (C=O) groups is 1. The van der Waals surface area contributed by atoms with E-state index in [1.807, 2.05) is 53.7 Å². The maximum atomic E-state index is 13.2. The van der Waals surface area contributed by atoms with Gasteiger partial charge in [-0.05, 0) is 45.7 Å². The van der Waals surface area contributed by atoms with Gasteiger partial charge in [-0.25, -0.2) is 4.68 Å². The Labute approximate surface area is 175 Å².